The SMILES string of the molecule is CCOc1ccc(OCC)c(C(CC)CC(CN)CN)c1. The van der Waals surface area contributed by atoms with Crippen LogP contribution in [0.15, 0.2) is 18.2 Å². The van der Waals surface area contributed by atoms with Gasteiger partial charge in [0, 0.05) is 5.56 Å². The number of rotatable bonds is 10. The van der Waals surface area contributed by atoms with E-state index in [1.54, 1.807) is 0 Å². The van der Waals surface area contributed by atoms with Crippen LogP contribution in [0, 0.1) is 5.92 Å². The lowest BCUT2D eigenvalue weighted by atomic mass is 9.86. The fourth-order valence-electron chi connectivity index (χ4n) is 2.59. The summed E-state index contributed by atoms with van der Waals surface area (Å²) < 4.78 is 11.4. The van der Waals surface area contributed by atoms with Crippen LogP contribution in [0.3, 0.4) is 0 Å². The van der Waals surface area contributed by atoms with E-state index in [0.717, 1.165) is 24.3 Å². The summed E-state index contributed by atoms with van der Waals surface area (Å²) >= 11 is 0. The van der Waals surface area contributed by atoms with Gasteiger partial charge in [-0.2, -0.15) is 0 Å². The summed E-state index contributed by atoms with van der Waals surface area (Å²) in [7, 11) is 0. The maximum Gasteiger partial charge on any atom is 0.123 e. The molecule has 0 spiro atoms. The molecule has 1 rings (SSSR count). The molecular formula is C17H30N2O2. The summed E-state index contributed by atoms with van der Waals surface area (Å²) in [6, 6.07) is 6.08. The van der Waals surface area contributed by atoms with Crippen LogP contribution >= 0.6 is 0 Å². The van der Waals surface area contributed by atoms with Gasteiger partial charge in [0.05, 0.1) is 13.2 Å². The first kappa shape index (κ1) is 17.8. The minimum absolute atomic E-state index is 0.347. The average Bonchev–Trinajstić information content (AvgIpc) is 2.51. The van der Waals surface area contributed by atoms with Crippen molar-refractivity contribution in [2.24, 2.45) is 17.4 Å². The molecule has 1 unspecified atom stereocenters. The quantitative estimate of drug-likeness (QED) is 0.696. The highest BCUT2D eigenvalue weighted by Crippen LogP contribution is 2.36. The predicted molar refractivity (Wildman–Crippen MR) is 88.0 cm³/mol. The first-order chi connectivity index (χ1) is 10.2. The molecule has 0 fully saturated rings. The molecular weight excluding hydrogens is 264 g/mol. The largest absolute Gasteiger partial charge is 0.494 e. The van der Waals surface area contributed by atoms with Crippen LogP contribution in [0.1, 0.15) is 45.1 Å². The second-order valence-corrected chi connectivity index (χ2v) is 5.24. The van der Waals surface area contributed by atoms with Crippen molar-refractivity contribution in [3.05, 3.63) is 23.8 Å². The van der Waals surface area contributed by atoms with Gasteiger partial charge >= 0.3 is 0 Å². The van der Waals surface area contributed by atoms with Crippen molar-refractivity contribution in [2.75, 3.05) is 26.3 Å². The predicted octanol–water partition coefficient (Wildman–Crippen LogP) is 2.90. The second-order valence-electron chi connectivity index (χ2n) is 5.24. The Morgan fingerprint density at radius 1 is 1.00 bits per heavy atom. The number of hydrogen-bond donors (Lipinski definition) is 2. The molecule has 0 bridgehead atoms. The number of nitrogens with two attached hydrogens (primary N) is 2. The minimum Gasteiger partial charge on any atom is -0.494 e. The van der Waals surface area contributed by atoms with Gasteiger partial charge < -0.3 is 20.9 Å². The maximum absolute atomic E-state index is 5.80. The van der Waals surface area contributed by atoms with E-state index >= 15 is 0 Å². The normalized spacial score (nSPS) is 12.5. The van der Waals surface area contributed by atoms with Crippen LogP contribution in [0.25, 0.3) is 0 Å². The van der Waals surface area contributed by atoms with Crippen molar-refractivity contribution < 1.29 is 9.47 Å². The third-order valence-corrected chi connectivity index (χ3v) is 3.81. The molecule has 21 heavy (non-hydrogen) atoms. The maximum atomic E-state index is 5.80. The van der Waals surface area contributed by atoms with Crippen molar-refractivity contribution in [1.82, 2.24) is 0 Å². The molecule has 120 valence electrons. The van der Waals surface area contributed by atoms with Gasteiger partial charge in [0.1, 0.15) is 11.5 Å². The van der Waals surface area contributed by atoms with Crippen molar-refractivity contribution in [2.45, 2.75) is 39.5 Å². The Hall–Kier alpha value is -1.26. The lowest BCUT2D eigenvalue weighted by Gasteiger charge is -2.23. The van der Waals surface area contributed by atoms with Gasteiger partial charge in [0.15, 0.2) is 0 Å². The van der Waals surface area contributed by atoms with E-state index in [-0.39, 0.29) is 0 Å². The summed E-state index contributed by atoms with van der Waals surface area (Å²) in [5, 5.41) is 0. The van der Waals surface area contributed by atoms with Gasteiger partial charge in [0.2, 0.25) is 0 Å². The number of hydrogen-bond acceptors (Lipinski definition) is 4. The topological polar surface area (TPSA) is 70.5 Å². The summed E-state index contributed by atoms with van der Waals surface area (Å²) in [5.41, 5.74) is 12.8. The van der Waals surface area contributed by atoms with Gasteiger partial charge in [-0.3, -0.25) is 0 Å². The van der Waals surface area contributed by atoms with Gasteiger partial charge in [-0.25, -0.2) is 0 Å². The van der Waals surface area contributed by atoms with Gasteiger partial charge in [0.25, 0.3) is 0 Å². The smallest absolute Gasteiger partial charge is 0.123 e. The van der Waals surface area contributed by atoms with Crippen LogP contribution < -0.4 is 20.9 Å². The standard InChI is InChI=1S/C17H30N2O2/c1-4-14(9-13(11-18)12-19)16-10-15(20-5-2)7-8-17(16)21-6-3/h7-8,10,13-14H,4-6,9,11-12,18-19H2,1-3H3. The van der Waals surface area contributed by atoms with Crippen LogP contribution in [0.2, 0.25) is 0 Å². The van der Waals surface area contributed by atoms with Crippen LogP contribution in [-0.2, 0) is 0 Å². The van der Waals surface area contributed by atoms with E-state index in [4.69, 9.17) is 20.9 Å². The van der Waals surface area contributed by atoms with Crippen molar-refractivity contribution in [1.29, 1.82) is 0 Å². The van der Waals surface area contributed by atoms with E-state index in [9.17, 15) is 0 Å². The Morgan fingerprint density at radius 3 is 2.19 bits per heavy atom. The third kappa shape index (κ3) is 5.21. The van der Waals surface area contributed by atoms with Crippen molar-refractivity contribution in [3.63, 3.8) is 0 Å². The molecule has 1 aromatic rings. The van der Waals surface area contributed by atoms with E-state index < -0.39 is 0 Å². The molecule has 1 atom stereocenters. The fourth-order valence-corrected chi connectivity index (χ4v) is 2.59. The molecule has 0 saturated heterocycles. The highest BCUT2D eigenvalue weighted by atomic mass is 16.5. The fraction of sp³-hybridized carbons (Fsp3) is 0.647. The van der Waals surface area contributed by atoms with E-state index in [1.165, 1.54) is 5.56 Å². The van der Waals surface area contributed by atoms with Gasteiger partial charge in [-0.05, 0) is 69.8 Å². The van der Waals surface area contributed by atoms with Crippen LogP contribution in [0.4, 0.5) is 0 Å². The number of ether oxygens (including phenoxy) is 2. The Morgan fingerprint density at radius 2 is 1.67 bits per heavy atom. The van der Waals surface area contributed by atoms with Crippen LogP contribution in [0.5, 0.6) is 11.5 Å². The molecule has 4 nitrogen and oxygen atoms in total. The summed E-state index contributed by atoms with van der Waals surface area (Å²) in [6.45, 7) is 8.77. The molecule has 0 radical (unpaired) electrons. The minimum atomic E-state index is 0.347. The van der Waals surface area contributed by atoms with Crippen molar-refractivity contribution in [3.8, 4) is 11.5 Å². The summed E-state index contributed by atoms with van der Waals surface area (Å²) in [4.78, 5) is 0. The van der Waals surface area contributed by atoms with E-state index in [0.29, 0.717) is 38.1 Å². The molecule has 0 amide bonds. The van der Waals surface area contributed by atoms with Gasteiger partial charge in [-0.15, -0.1) is 0 Å². The lowest BCUT2D eigenvalue weighted by Crippen LogP contribution is -2.25. The molecule has 1 aromatic carbocycles. The zero-order valence-corrected chi connectivity index (χ0v) is 13.6. The van der Waals surface area contributed by atoms with Crippen LogP contribution in [-0.4, -0.2) is 26.3 Å². The molecule has 0 heterocycles. The molecule has 0 aliphatic carbocycles. The molecule has 0 aromatic heterocycles. The van der Waals surface area contributed by atoms with E-state index in [2.05, 4.69) is 13.0 Å². The summed E-state index contributed by atoms with van der Waals surface area (Å²) in [5.74, 6) is 2.58. The van der Waals surface area contributed by atoms with E-state index in [1.807, 2.05) is 26.0 Å². The molecule has 4 N–H and O–H groups in total. The third-order valence-electron chi connectivity index (χ3n) is 3.81. The zero-order chi connectivity index (χ0) is 15.7. The first-order valence-electron chi connectivity index (χ1n) is 7.99. The Kier molecular flexibility index (Phi) is 8.16. The number of benzene rings is 1. The molecule has 0 saturated carbocycles. The van der Waals surface area contributed by atoms with Crippen molar-refractivity contribution >= 4 is 0 Å². The summed E-state index contributed by atoms with van der Waals surface area (Å²) in [6.07, 6.45) is 2.02. The second kappa shape index (κ2) is 9.64. The monoisotopic (exact) mass is 294 g/mol. The Labute approximate surface area is 128 Å². The zero-order valence-electron chi connectivity index (χ0n) is 13.6. The Balaban J connectivity index is 3.04. The highest BCUT2D eigenvalue weighted by Gasteiger charge is 2.19. The molecule has 4 heteroatoms. The molecule has 0 aliphatic heterocycles. The van der Waals surface area contributed by atoms with Gasteiger partial charge in [-0.1, -0.05) is 6.92 Å². The molecule has 0 aliphatic rings. The average molecular weight is 294 g/mol. The lowest BCUT2D eigenvalue weighted by molar-refractivity contribution is 0.321. The first-order valence-corrected chi connectivity index (χ1v) is 7.99. The highest BCUT2D eigenvalue weighted by molar-refractivity contribution is 5.42. The Bertz CT molecular complexity index is 406.